The zero-order chi connectivity index (χ0) is 103. The van der Waals surface area contributed by atoms with E-state index in [4.69, 9.17) is 55.3 Å². The molecule has 21 aromatic rings. The number of aryl methyl sites for hydroxylation is 1. The normalized spacial score (nSPS) is 12.6. The smallest absolute Gasteiger partial charge is 0.258 e. The fourth-order valence-electron chi connectivity index (χ4n) is 16.9. The maximum absolute atomic E-state index is 5.83. The summed E-state index contributed by atoms with van der Waals surface area (Å²) in [5.74, 6) is 14.4. The molecule has 7 aromatic carbocycles. The van der Waals surface area contributed by atoms with Crippen molar-refractivity contribution in [1.82, 2.24) is 106 Å². The van der Waals surface area contributed by atoms with Crippen LogP contribution >= 0.6 is 0 Å². The fraction of sp³-hybridized carbons (Fsp3) is 0.248. The van der Waals surface area contributed by atoms with Crippen LogP contribution in [0.25, 0.3) is 125 Å². The van der Waals surface area contributed by atoms with E-state index < -0.39 is 0 Å². The number of hydrogen-bond donors (Lipinski definition) is 1. The molecular weight excluding hydrogens is 1890 g/mol. The molecule has 33 heteroatoms. The van der Waals surface area contributed by atoms with Gasteiger partial charge in [-0.25, -0.2) is 0 Å². The van der Waals surface area contributed by atoms with Gasteiger partial charge in [-0.3, -0.25) is 29.9 Å². The minimum absolute atomic E-state index is 0.0708. The largest absolute Gasteiger partial charge is 0.494 e. The molecule has 2 atom stereocenters. The Hall–Kier alpha value is -18.0. The highest BCUT2D eigenvalue weighted by Crippen LogP contribution is 2.40. The second kappa shape index (κ2) is 52.7. The monoisotopic (exact) mass is 2010 g/mol. The van der Waals surface area contributed by atoms with Crippen LogP contribution in [-0.4, -0.2) is 132 Å². The third kappa shape index (κ3) is 28.0. The van der Waals surface area contributed by atoms with Crippen molar-refractivity contribution in [3.63, 3.8) is 0 Å². The Kier molecular flexibility index (Phi) is 36.3. The average Bonchev–Trinajstić information content (AvgIpc) is 1.65. The third-order valence-electron chi connectivity index (χ3n) is 24.5. The maximum Gasteiger partial charge on any atom is 0.258 e. The molecule has 2 aliphatic carbocycles. The second-order valence-electron chi connectivity index (χ2n) is 35.5. The van der Waals surface area contributed by atoms with E-state index in [1.165, 1.54) is 74.5 Å². The topological polar surface area (TPSA) is 412 Å². The Morgan fingerprint density at radius 2 is 0.767 bits per heavy atom. The number of ether oxygens (including phenoxy) is 5. The van der Waals surface area contributed by atoms with Crippen LogP contribution in [0.5, 0.6) is 34.5 Å². The van der Waals surface area contributed by atoms with Gasteiger partial charge in [-0.2, -0.15) is 34.9 Å². The van der Waals surface area contributed by atoms with Gasteiger partial charge in [0.25, 0.3) is 17.7 Å². The van der Waals surface area contributed by atoms with Crippen molar-refractivity contribution >= 4 is 10.9 Å². The molecule has 2 fully saturated rings. The Morgan fingerprint density at radius 1 is 0.327 bits per heavy atom. The van der Waals surface area contributed by atoms with Crippen molar-refractivity contribution in [3.05, 3.63) is 363 Å². The molecule has 14 aromatic heterocycles. The van der Waals surface area contributed by atoms with Crippen LogP contribution in [0.15, 0.2) is 349 Å². The third-order valence-corrected chi connectivity index (χ3v) is 24.5. The van der Waals surface area contributed by atoms with Gasteiger partial charge in [0.2, 0.25) is 64.3 Å². The second-order valence-corrected chi connectivity index (χ2v) is 35.5. The van der Waals surface area contributed by atoms with E-state index in [9.17, 15) is 0 Å². The van der Waals surface area contributed by atoms with E-state index in [2.05, 4.69) is 170 Å². The molecule has 23 rings (SSSR count). The van der Waals surface area contributed by atoms with Crippen LogP contribution in [0.1, 0.15) is 189 Å². The number of aromatic amines is 1. The van der Waals surface area contributed by atoms with Crippen LogP contribution in [-0.2, 0) is 6.42 Å². The molecule has 1 N–H and O–H groups in total. The van der Waals surface area contributed by atoms with Gasteiger partial charge in [-0.15, -0.1) is 0 Å². The molecule has 0 amide bonds. The molecule has 2 saturated carbocycles. The Morgan fingerprint density at radius 3 is 1.31 bits per heavy atom. The Bertz CT molecular complexity index is 7630. The molecule has 150 heavy (non-hydrogen) atoms. The van der Waals surface area contributed by atoms with Crippen molar-refractivity contribution in [2.75, 3.05) is 26.4 Å². The first kappa shape index (κ1) is 103. The van der Waals surface area contributed by atoms with Gasteiger partial charge in [0.1, 0.15) is 23.0 Å². The Labute approximate surface area is 867 Å². The first-order valence-electron chi connectivity index (χ1n) is 50.4. The summed E-state index contributed by atoms with van der Waals surface area (Å²) in [6.45, 7) is 20.7. The lowest BCUT2D eigenvalue weighted by molar-refractivity contribution is 0.288. The lowest BCUT2D eigenvalue weighted by atomic mass is 9.89. The summed E-state index contributed by atoms with van der Waals surface area (Å²) in [7, 11) is 0. The number of nitrogens with one attached hydrogen (secondary N) is 1. The predicted octanol–water partition coefficient (Wildman–Crippen LogP) is 27.3. The van der Waals surface area contributed by atoms with Gasteiger partial charge in [-0.05, 0) is 248 Å². The van der Waals surface area contributed by atoms with E-state index in [1.807, 2.05) is 247 Å². The molecule has 0 radical (unpaired) electrons. The quantitative estimate of drug-likeness (QED) is 0.0455. The number of aromatic nitrogens is 21. The van der Waals surface area contributed by atoms with Crippen molar-refractivity contribution < 1.29 is 55.3 Å². The number of hydrogen-bond acceptors (Lipinski definition) is 32. The van der Waals surface area contributed by atoms with E-state index in [0.717, 1.165) is 102 Å². The standard InChI is InChI=1S/C20H19N3O3.C20H23N3O.C19H13N3O2.C17H17N3O3.C16H15N3O.C13H15N3O.C12H13N3O/c1-3-24-17-9-8-13(12-18(17)25-4-2)20-22-19(23-26-20)15-6-5-7-16-14(15)10-11-21-16;1-13(2)11-16-5-7-17(8-6-16)15(4)20-22-19(23-24-20)18-9-10-21-12-14(18)3;1-2-6-16(7-3-1)23-17-8-4-5-15(13-17)19-21-18(22-24-19)14-9-11-20-12-10-14;1-3-21-14-9-13(10-15(11-14)22-4-2)17-19-16(20-23-17)12-5-7-18-8-6-12;1-2-14(12-6-4-3-5-7-12)16-18-15(19-20-16)13-8-10-17-11-9-13;1-2-4-11(5-3-1)13-15-12(16-17-13)10-6-8-14-9-7-10;1-2-4-10(3-1)12-14-11(15-16-12)9-5-7-13-8-6-9/h5-12,21H,3-4H2,1-2H3;5-10,12-13,15H,11H2,1-4H3;1-13H;5-11H,3-4H2,1-2H3;3-11,14H,2H2,1H3;6-9,11H,1-5H2;5-8,10H,1-4H2. The lowest BCUT2D eigenvalue weighted by Crippen LogP contribution is -2.04. The van der Waals surface area contributed by atoms with Crippen LogP contribution < -0.4 is 23.7 Å². The van der Waals surface area contributed by atoms with Crippen molar-refractivity contribution in [2.24, 2.45) is 5.92 Å². The molecular formula is C117H115N21O12. The highest BCUT2D eigenvalue weighted by molar-refractivity contribution is 5.93. The van der Waals surface area contributed by atoms with E-state index in [1.54, 1.807) is 68.2 Å². The molecule has 0 bridgehead atoms. The minimum atomic E-state index is 0.0708. The van der Waals surface area contributed by atoms with Gasteiger partial charge >= 0.3 is 0 Å². The van der Waals surface area contributed by atoms with E-state index >= 15 is 0 Å². The number of rotatable bonds is 29. The van der Waals surface area contributed by atoms with Crippen LogP contribution in [0, 0.1) is 12.8 Å². The fourth-order valence-corrected chi connectivity index (χ4v) is 16.9. The van der Waals surface area contributed by atoms with E-state index in [-0.39, 0.29) is 11.8 Å². The van der Waals surface area contributed by atoms with Gasteiger partial charge < -0.3 is 60.3 Å². The van der Waals surface area contributed by atoms with Crippen LogP contribution in [0.4, 0.5) is 0 Å². The molecule has 0 saturated heterocycles. The molecule has 0 aliphatic heterocycles. The molecule has 14 heterocycles. The SMILES string of the molecule is CCC(c1ccccc1)c1nc(-c2ccncc2)no1.CCOc1cc(OCC)cc(-c2nc(-c3ccncc3)no2)c1.CCOc1ccc(-c2nc(-c3cccc4[nH]ccc34)no2)cc1OCC.Cc1cnccc1-c1noc(C(C)c2ccc(CC(C)C)cc2)n1.c1cc(-c2noc(C3CCCC3)n2)ccn1.c1cc(-c2noc(C3CCCCC3)n2)ccn1.c1ccc(Oc2cccc(-c3nc(-c4ccncc4)no3)c2)cc1. The lowest BCUT2D eigenvalue weighted by Gasteiger charge is -2.17. The highest BCUT2D eigenvalue weighted by atomic mass is 16.5. The summed E-state index contributed by atoms with van der Waals surface area (Å²) >= 11 is 0. The van der Waals surface area contributed by atoms with Gasteiger partial charge in [-0.1, -0.05) is 180 Å². The van der Waals surface area contributed by atoms with Gasteiger partial charge in [0.15, 0.2) is 11.5 Å². The number of nitrogens with zero attached hydrogens (tertiary/aromatic N) is 20. The average molecular weight is 2010 g/mol. The summed E-state index contributed by atoms with van der Waals surface area (Å²) in [6.07, 6.45) is 35.8. The highest BCUT2D eigenvalue weighted by Gasteiger charge is 2.28. The zero-order valence-electron chi connectivity index (χ0n) is 84.9. The summed E-state index contributed by atoms with van der Waals surface area (Å²) in [4.78, 5) is 58.7. The summed E-state index contributed by atoms with van der Waals surface area (Å²) in [5, 5.41) is 29.5. The van der Waals surface area contributed by atoms with Crippen molar-refractivity contribution in [1.29, 1.82) is 0 Å². The van der Waals surface area contributed by atoms with Crippen molar-refractivity contribution in [3.8, 4) is 149 Å². The van der Waals surface area contributed by atoms with Gasteiger partial charge in [0.05, 0.1) is 38.3 Å². The summed E-state index contributed by atoms with van der Waals surface area (Å²) in [5.41, 5.74) is 14.6. The van der Waals surface area contributed by atoms with Crippen LogP contribution in [0.2, 0.25) is 0 Å². The molecule has 2 unspecified atom stereocenters. The molecule has 33 nitrogen and oxygen atoms in total. The number of pyridine rings is 6. The summed E-state index contributed by atoms with van der Waals surface area (Å²) < 4.78 is 66.1. The number of fused-ring (bicyclic) bond motifs is 1. The van der Waals surface area contributed by atoms with Crippen LogP contribution in [0.3, 0.4) is 0 Å². The maximum atomic E-state index is 5.83. The number of H-pyrrole nitrogens is 1. The predicted molar refractivity (Wildman–Crippen MR) is 567 cm³/mol. The minimum Gasteiger partial charge on any atom is -0.494 e. The Balaban J connectivity index is 0.000000120. The first-order valence-corrected chi connectivity index (χ1v) is 50.4. The number of benzene rings is 7. The van der Waals surface area contributed by atoms with Crippen molar-refractivity contribution in [2.45, 2.75) is 157 Å². The molecule has 2 aliphatic rings. The first-order chi connectivity index (χ1) is 73.8. The van der Waals surface area contributed by atoms with E-state index in [0.29, 0.717) is 143 Å². The van der Waals surface area contributed by atoms with Gasteiger partial charge in [0, 0.05) is 165 Å². The number of para-hydroxylation sites is 1. The molecule has 0 spiro atoms. The molecule has 760 valence electrons. The zero-order valence-corrected chi connectivity index (χ0v) is 84.9. The summed E-state index contributed by atoms with van der Waals surface area (Å²) in [6, 6.07) is 75.8.